The maximum absolute atomic E-state index is 12.5. The molecule has 2 aromatic rings. The molecule has 0 unspecified atom stereocenters. The number of rotatable bonds is 4. The van der Waals surface area contributed by atoms with E-state index in [4.69, 9.17) is 4.42 Å². The molecular weight excluding hydrogens is 330 g/mol. The zero-order valence-corrected chi connectivity index (χ0v) is 14.8. The number of piperazine rings is 1. The van der Waals surface area contributed by atoms with E-state index in [1.165, 1.54) is 17.5 Å². The van der Waals surface area contributed by atoms with Crippen molar-refractivity contribution in [3.8, 4) is 0 Å². The molecule has 0 saturated carbocycles. The Morgan fingerprint density at radius 3 is 2.46 bits per heavy atom. The Balaban J connectivity index is 1.26. The molecule has 136 valence electrons. The highest BCUT2D eigenvalue weighted by atomic mass is 16.3. The van der Waals surface area contributed by atoms with E-state index in [1.54, 1.807) is 17.0 Å². The number of furan rings is 1. The van der Waals surface area contributed by atoms with Crippen LogP contribution in [0.25, 0.3) is 0 Å². The van der Waals surface area contributed by atoms with Crippen LogP contribution in [0, 0.1) is 0 Å². The van der Waals surface area contributed by atoms with Crippen LogP contribution >= 0.6 is 0 Å². The van der Waals surface area contributed by atoms with Gasteiger partial charge in [0.05, 0.1) is 6.26 Å². The van der Waals surface area contributed by atoms with Gasteiger partial charge in [0.1, 0.15) is 0 Å². The average Bonchev–Trinajstić information content (AvgIpc) is 3.36. The standard InChI is InChI=1S/C20H23N3O3/c24-19(8-10-21-9-7-16-4-1-2-5-17(16)21)22-11-13-23(14-12-22)20(25)18-6-3-15-26-18/h1-6,15H,7-14H2. The second kappa shape index (κ2) is 7.23. The molecule has 1 fully saturated rings. The fraction of sp³-hybridized carbons (Fsp3) is 0.400. The van der Waals surface area contributed by atoms with Crippen molar-refractivity contribution in [2.75, 3.05) is 44.2 Å². The molecule has 3 heterocycles. The minimum Gasteiger partial charge on any atom is -0.459 e. The highest BCUT2D eigenvalue weighted by molar-refractivity contribution is 5.91. The molecule has 0 atom stereocenters. The summed E-state index contributed by atoms with van der Waals surface area (Å²) >= 11 is 0. The molecule has 2 amide bonds. The van der Waals surface area contributed by atoms with Crippen molar-refractivity contribution in [2.45, 2.75) is 12.8 Å². The minimum absolute atomic E-state index is 0.101. The van der Waals surface area contributed by atoms with Crippen LogP contribution in [0.5, 0.6) is 0 Å². The molecular formula is C20H23N3O3. The molecule has 1 saturated heterocycles. The Morgan fingerprint density at radius 2 is 1.69 bits per heavy atom. The summed E-state index contributed by atoms with van der Waals surface area (Å²) < 4.78 is 5.17. The molecule has 0 N–H and O–H groups in total. The van der Waals surface area contributed by atoms with Gasteiger partial charge in [0.2, 0.25) is 5.91 Å². The van der Waals surface area contributed by atoms with Gasteiger partial charge >= 0.3 is 0 Å². The third-order valence-corrected chi connectivity index (χ3v) is 5.23. The molecule has 4 rings (SSSR count). The molecule has 1 aromatic carbocycles. The molecule has 0 aliphatic carbocycles. The molecule has 6 nitrogen and oxygen atoms in total. The fourth-order valence-electron chi connectivity index (χ4n) is 3.74. The minimum atomic E-state index is -0.101. The van der Waals surface area contributed by atoms with E-state index in [0.29, 0.717) is 38.4 Å². The first-order valence-electron chi connectivity index (χ1n) is 9.16. The van der Waals surface area contributed by atoms with Crippen LogP contribution in [-0.2, 0) is 11.2 Å². The van der Waals surface area contributed by atoms with Crippen LogP contribution in [0.1, 0.15) is 22.5 Å². The summed E-state index contributed by atoms with van der Waals surface area (Å²) in [7, 11) is 0. The van der Waals surface area contributed by atoms with Gasteiger partial charge in [-0.2, -0.15) is 0 Å². The van der Waals surface area contributed by atoms with E-state index in [-0.39, 0.29) is 11.8 Å². The lowest BCUT2D eigenvalue weighted by Crippen LogP contribution is -2.51. The van der Waals surface area contributed by atoms with Gasteiger partial charge in [-0.15, -0.1) is 0 Å². The Morgan fingerprint density at radius 1 is 0.923 bits per heavy atom. The van der Waals surface area contributed by atoms with Crippen molar-refractivity contribution in [3.63, 3.8) is 0 Å². The highest BCUT2D eigenvalue weighted by Crippen LogP contribution is 2.27. The first kappa shape index (κ1) is 16.7. The number of carbonyl (C=O) groups is 2. The largest absolute Gasteiger partial charge is 0.459 e. The number of hydrogen-bond donors (Lipinski definition) is 0. The van der Waals surface area contributed by atoms with Crippen LogP contribution in [0.4, 0.5) is 5.69 Å². The second-order valence-electron chi connectivity index (χ2n) is 6.77. The van der Waals surface area contributed by atoms with Crippen LogP contribution in [0.15, 0.2) is 47.1 Å². The van der Waals surface area contributed by atoms with Crippen molar-refractivity contribution in [1.82, 2.24) is 9.80 Å². The Hall–Kier alpha value is -2.76. The highest BCUT2D eigenvalue weighted by Gasteiger charge is 2.26. The van der Waals surface area contributed by atoms with Crippen molar-refractivity contribution in [1.29, 1.82) is 0 Å². The number of para-hydroxylation sites is 1. The number of amides is 2. The van der Waals surface area contributed by atoms with Gasteiger partial charge in [-0.25, -0.2) is 0 Å². The van der Waals surface area contributed by atoms with E-state index < -0.39 is 0 Å². The number of fused-ring (bicyclic) bond motifs is 1. The number of hydrogen-bond acceptors (Lipinski definition) is 4. The van der Waals surface area contributed by atoms with Crippen molar-refractivity contribution in [2.24, 2.45) is 0 Å². The maximum Gasteiger partial charge on any atom is 0.289 e. The van der Waals surface area contributed by atoms with Crippen LogP contribution < -0.4 is 4.90 Å². The number of anilines is 1. The fourth-order valence-corrected chi connectivity index (χ4v) is 3.74. The molecule has 2 aliphatic heterocycles. The second-order valence-corrected chi connectivity index (χ2v) is 6.77. The molecule has 6 heteroatoms. The van der Waals surface area contributed by atoms with Gasteiger partial charge in [0.25, 0.3) is 5.91 Å². The van der Waals surface area contributed by atoms with E-state index >= 15 is 0 Å². The van der Waals surface area contributed by atoms with Gasteiger partial charge in [-0.05, 0) is 30.2 Å². The summed E-state index contributed by atoms with van der Waals surface area (Å²) in [5.41, 5.74) is 2.62. The van der Waals surface area contributed by atoms with Crippen molar-refractivity contribution in [3.05, 3.63) is 54.0 Å². The monoisotopic (exact) mass is 353 g/mol. The van der Waals surface area contributed by atoms with Crippen LogP contribution in [0.2, 0.25) is 0 Å². The van der Waals surface area contributed by atoms with Gasteiger partial charge in [0, 0.05) is 51.4 Å². The van der Waals surface area contributed by atoms with E-state index in [1.807, 2.05) is 11.0 Å². The summed E-state index contributed by atoms with van der Waals surface area (Å²) in [4.78, 5) is 30.7. The normalized spacial score (nSPS) is 16.7. The third-order valence-electron chi connectivity index (χ3n) is 5.23. The molecule has 0 spiro atoms. The van der Waals surface area contributed by atoms with E-state index in [9.17, 15) is 9.59 Å². The SMILES string of the molecule is O=C(CCN1CCc2ccccc21)N1CCN(C(=O)c2ccco2)CC1. The third kappa shape index (κ3) is 3.31. The maximum atomic E-state index is 12.5. The lowest BCUT2D eigenvalue weighted by Gasteiger charge is -2.34. The summed E-state index contributed by atoms with van der Waals surface area (Å²) in [5, 5.41) is 0. The zero-order valence-electron chi connectivity index (χ0n) is 14.8. The first-order valence-corrected chi connectivity index (χ1v) is 9.16. The average molecular weight is 353 g/mol. The number of benzene rings is 1. The lowest BCUT2D eigenvalue weighted by molar-refractivity contribution is -0.132. The molecule has 0 bridgehead atoms. The predicted octanol–water partition coefficient (Wildman–Crippen LogP) is 2.02. The van der Waals surface area contributed by atoms with E-state index in [2.05, 4.69) is 23.1 Å². The quantitative estimate of drug-likeness (QED) is 0.844. The lowest BCUT2D eigenvalue weighted by atomic mass is 10.2. The van der Waals surface area contributed by atoms with Crippen molar-refractivity contribution >= 4 is 17.5 Å². The molecule has 1 aromatic heterocycles. The summed E-state index contributed by atoms with van der Waals surface area (Å²) in [6.45, 7) is 4.01. The molecule has 26 heavy (non-hydrogen) atoms. The van der Waals surface area contributed by atoms with Gasteiger partial charge in [0.15, 0.2) is 5.76 Å². The molecule has 2 aliphatic rings. The van der Waals surface area contributed by atoms with Crippen LogP contribution in [0.3, 0.4) is 0 Å². The topological polar surface area (TPSA) is 57.0 Å². The predicted molar refractivity (Wildman–Crippen MR) is 98.2 cm³/mol. The summed E-state index contributed by atoms with van der Waals surface area (Å²) in [6, 6.07) is 11.8. The van der Waals surface area contributed by atoms with E-state index in [0.717, 1.165) is 19.5 Å². The zero-order chi connectivity index (χ0) is 17.9. The number of carbonyl (C=O) groups excluding carboxylic acids is 2. The molecule has 0 radical (unpaired) electrons. The Bertz CT molecular complexity index is 779. The summed E-state index contributed by atoms with van der Waals surface area (Å²) in [6.07, 6.45) is 3.07. The Kier molecular flexibility index (Phi) is 4.65. The summed E-state index contributed by atoms with van der Waals surface area (Å²) in [5.74, 6) is 0.424. The van der Waals surface area contributed by atoms with Gasteiger partial charge in [-0.3, -0.25) is 9.59 Å². The van der Waals surface area contributed by atoms with Crippen LogP contribution in [-0.4, -0.2) is 60.9 Å². The smallest absolute Gasteiger partial charge is 0.289 e. The van der Waals surface area contributed by atoms with Gasteiger partial charge < -0.3 is 19.1 Å². The van der Waals surface area contributed by atoms with Gasteiger partial charge in [-0.1, -0.05) is 18.2 Å². The van der Waals surface area contributed by atoms with Crippen molar-refractivity contribution < 1.29 is 14.0 Å². The Labute approximate surface area is 153 Å². The first-order chi connectivity index (χ1) is 12.7. The number of nitrogens with zero attached hydrogens (tertiary/aromatic N) is 3.